The second-order valence-corrected chi connectivity index (χ2v) is 7.22. The number of hydrogen-bond acceptors (Lipinski definition) is 4. The average Bonchev–Trinajstić information content (AvgIpc) is 3.00. The third-order valence-corrected chi connectivity index (χ3v) is 5.06. The lowest BCUT2D eigenvalue weighted by Gasteiger charge is -2.23. The van der Waals surface area contributed by atoms with Gasteiger partial charge in [0.1, 0.15) is 12.2 Å². The highest BCUT2D eigenvalue weighted by Gasteiger charge is 2.62. The summed E-state index contributed by atoms with van der Waals surface area (Å²) < 4.78 is 20.4. The van der Waals surface area contributed by atoms with E-state index in [1.807, 2.05) is 19.0 Å². The number of fused-ring (bicyclic) bond motifs is 3. The standard InChI is InChI=1S/C17H27NO3.ClH/c1-11-6-5-9-17(2)15(21-17)14-12(8-7-11)13(10-18(3)4)16(19)20-14;/h6,12-15H,5,7-10H2,1-4H3;1H/p-1/t12-,13-,14-,15+,17+;/m0./s1/i13D;. The molecule has 0 N–H and O–H groups in total. The molecule has 2 saturated heterocycles. The summed E-state index contributed by atoms with van der Waals surface area (Å²) in [5.41, 5.74) is 1.15. The van der Waals surface area contributed by atoms with E-state index in [1.165, 1.54) is 5.57 Å². The topological polar surface area (TPSA) is 42.1 Å². The predicted molar refractivity (Wildman–Crippen MR) is 80.9 cm³/mol. The Morgan fingerprint density at radius 1 is 1.50 bits per heavy atom. The van der Waals surface area contributed by atoms with Crippen LogP contribution >= 0.6 is 0 Å². The molecule has 3 rings (SSSR count). The number of hydrogen-bond donors (Lipinski definition) is 0. The van der Waals surface area contributed by atoms with Crippen LogP contribution in [0.15, 0.2) is 11.6 Å². The van der Waals surface area contributed by atoms with Gasteiger partial charge in [-0.3, -0.25) is 4.79 Å². The Morgan fingerprint density at radius 2 is 2.23 bits per heavy atom. The second-order valence-electron chi connectivity index (χ2n) is 7.22. The van der Waals surface area contributed by atoms with Crippen molar-refractivity contribution in [2.75, 3.05) is 20.6 Å². The number of carbonyl (C=O) groups is 1. The zero-order valence-corrected chi connectivity index (χ0v) is 14.7. The molecule has 0 amide bonds. The van der Waals surface area contributed by atoms with Crippen molar-refractivity contribution in [2.45, 2.75) is 57.3 Å². The minimum Gasteiger partial charge on any atom is -1.00 e. The van der Waals surface area contributed by atoms with E-state index in [4.69, 9.17) is 10.8 Å². The lowest BCUT2D eigenvalue weighted by atomic mass is 9.80. The molecule has 2 heterocycles. The van der Waals surface area contributed by atoms with E-state index in [-0.39, 0.29) is 42.1 Å². The first-order valence-electron chi connectivity index (χ1n) is 8.45. The van der Waals surface area contributed by atoms with Crippen molar-refractivity contribution >= 4 is 5.97 Å². The van der Waals surface area contributed by atoms with Crippen molar-refractivity contribution in [3.05, 3.63) is 11.6 Å². The number of ether oxygens (including phenoxy) is 2. The summed E-state index contributed by atoms with van der Waals surface area (Å²) in [6, 6.07) is 0. The Hall–Kier alpha value is -0.580. The fraction of sp³-hybridized carbons (Fsp3) is 0.824. The number of allylic oxidation sites excluding steroid dienone is 2. The molecule has 0 aromatic rings. The normalized spacial score (nSPS) is 45.0. The first-order chi connectivity index (χ1) is 10.3. The lowest BCUT2D eigenvalue weighted by Crippen LogP contribution is -3.00. The van der Waals surface area contributed by atoms with Gasteiger partial charge in [0, 0.05) is 13.8 Å². The van der Waals surface area contributed by atoms with Crippen molar-refractivity contribution < 1.29 is 28.0 Å². The molecule has 0 bridgehead atoms. The molecule has 2 fully saturated rings. The van der Waals surface area contributed by atoms with Gasteiger partial charge in [0.05, 0.1) is 11.5 Å². The monoisotopic (exact) mass is 329 g/mol. The number of halogens is 1. The molecular formula is C17H27ClNO3-. The van der Waals surface area contributed by atoms with Crippen LogP contribution in [-0.4, -0.2) is 49.3 Å². The molecular weight excluding hydrogens is 302 g/mol. The molecule has 5 atom stereocenters. The zero-order chi connectivity index (χ0) is 16.1. The fourth-order valence-corrected chi connectivity index (χ4v) is 3.73. The summed E-state index contributed by atoms with van der Waals surface area (Å²) in [7, 11) is 3.81. The highest BCUT2D eigenvalue weighted by atomic mass is 35.5. The Balaban J connectivity index is 0.00000192. The lowest BCUT2D eigenvalue weighted by molar-refractivity contribution is -0.145. The Morgan fingerprint density at radius 3 is 2.91 bits per heavy atom. The van der Waals surface area contributed by atoms with Crippen molar-refractivity contribution in [3.63, 3.8) is 0 Å². The van der Waals surface area contributed by atoms with Gasteiger partial charge in [-0.2, -0.15) is 0 Å². The van der Waals surface area contributed by atoms with Crippen LogP contribution in [-0.2, 0) is 14.3 Å². The summed E-state index contributed by atoms with van der Waals surface area (Å²) >= 11 is 0. The van der Waals surface area contributed by atoms with Gasteiger partial charge in [-0.05, 0) is 53.6 Å². The molecule has 0 aromatic carbocycles. The molecule has 5 heteroatoms. The molecule has 0 spiro atoms. The van der Waals surface area contributed by atoms with Gasteiger partial charge in [-0.25, -0.2) is 0 Å². The molecule has 0 radical (unpaired) electrons. The van der Waals surface area contributed by atoms with E-state index >= 15 is 0 Å². The molecule has 126 valence electrons. The number of esters is 1. The van der Waals surface area contributed by atoms with Crippen molar-refractivity contribution in [3.8, 4) is 0 Å². The SMILES string of the molecule is [2H][C@@]1(CN(C)C)C(=O)O[C@@H]2[C@H]3O[C@]3(C)CCC=C(C)CC[C@H]21.[Cl-]. The van der Waals surface area contributed by atoms with Crippen LogP contribution in [0.25, 0.3) is 0 Å². The van der Waals surface area contributed by atoms with Gasteiger partial charge >= 0.3 is 5.97 Å². The maximum Gasteiger partial charge on any atom is 0.311 e. The molecule has 0 aromatic heterocycles. The summed E-state index contributed by atoms with van der Waals surface area (Å²) in [5, 5.41) is 0. The second kappa shape index (κ2) is 6.50. The maximum atomic E-state index is 12.4. The minimum atomic E-state index is -1.18. The van der Waals surface area contributed by atoms with Crippen molar-refractivity contribution in [2.24, 2.45) is 11.8 Å². The summed E-state index contributed by atoms with van der Waals surface area (Å²) in [4.78, 5) is 14.3. The van der Waals surface area contributed by atoms with E-state index in [9.17, 15) is 4.79 Å². The molecule has 1 aliphatic carbocycles. The summed E-state index contributed by atoms with van der Waals surface area (Å²) in [6.07, 6.45) is 5.67. The van der Waals surface area contributed by atoms with Gasteiger partial charge in [0.25, 0.3) is 0 Å². The first kappa shape index (κ1) is 16.3. The van der Waals surface area contributed by atoms with Crippen LogP contribution in [0, 0.1) is 11.8 Å². The molecule has 22 heavy (non-hydrogen) atoms. The first-order valence-corrected chi connectivity index (χ1v) is 7.95. The summed E-state index contributed by atoms with van der Waals surface area (Å²) in [5.74, 6) is -1.66. The maximum absolute atomic E-state index is 12.4. The zero-order valence-electron chi connectivity index (χ0n) is 14.9. The number of nitrogens with zero attached hydrogens (tertiary/aromatic N) is 1. The fourth-order valence-electron chi connectivity index (χ4n) is 3.73. The van der Waals surface area contributed by atoms with Crippen molar-refractivity contribution in [1.29, 1.82) is 0 Å². The molecule has 0 unspecified atom stereocenters. The van der Waals surface area contributed by atoms with Crippen LogP contribution in [0.3, 0.4) is 0 Å². The number of carbonyl (C=O) groups excluding carboxylic acids is 1. The summed E-state index contributed by atoms with van der Waals surface area (Å²) in [6.45, 7) is 4.64. The Labute approximate surface area is 141 Å². The Kier molecular flexibility index (Phi) is 4.81. The van der Waals surface area contributed by atoms with E-state index in [0.717, 1.165) is 25.7 Å². The van der Waals surface area contributed by atoms with E-state index in [0.29, 0.717) is 6.54 Å². The minimum absolute atomic E-state index is 0. The van der Waals surface area contributed by atoms with Gasteiger partial charge in [-0.15, -0.1) is 0 Å². The van der Waals surface area contributed by atoms with Crippen LogP contribution in [0.5, 0.6) is 0 Å². The van der Waals surface area contributed by atoms with Crippen LogP contribution in [0.4, 0.5) is 0 Å². The Bertz CT molecular complexity index is 512. The van der Waals surface area contributed by atoms with Gasteiger partial charge in [-0.1, -0.05) is 11.6 Å². The van der Waals surface area contributed by atoms with Crippen LogP contribution in [0.1, 0.15) is 40.9 Å². The van der Waals surface area contributed by atoms with Gasteiger partial charge in [0.2, 0.25) is 0 Å². The van der Waals surface area contributed by atoms with Crippen LogP contribution < -0.4 is 12.4 Å². The van der Waals surface area contributed by atoms with E-state index in [2.05, 4.69) is 19.9 Å². The largest absolute Gasteiger partial charge is 1.00 e. The van der Waals surface area contributed by atoms with Crippen LogP contribution in [0.2, 0.25) is 0 Å². The third-order valence-electron chi connectivity index (χ3n) is 5.06. The average molecular weight is 330 g/mol. The number of rotatable bonds is 2. The van der Waals surface area contributed by atoms with Gasteiger partial charge < -0.3 is 26.8 Å². The predicted octanol–water partition coefficient (Wildman–Crippen LogP) is -0.612. The quantitative estimate of drug-likeness (QED) is 0.385. The molecule has 3 aliphatic rings. The molecule has 0 saturated carbocycles. The number of epoxide rings is 1. The van der Waals surface area contributed by atoms with Crippen molar-refractivity contribution in [1.82, 2.24) is 4.90 Å². The highest BCUT2D eigenvalue weighted by Crippen LogP contribution is 2.50. The third kappa shape index (κ3) is 3.34. The van der Waals surface area contributed by atoms with E-state index in [1.54, 1.807) is 0 Å². The smallest absolute Gasteiger partial charge is 0.311 e. The molecule has 2 aliphatic heterocycles. The van der Waals surface area contributed by atoms with E-state index < -0.39 is 5.89 Å². The molecule has 4 nitrogen and oxygen atoms in total. The highest BCUT2D eigenvalue weighted by molar-refractivity contribution is 5.75. The van der Waals surface area contributed by atoms with Gasteiger partial charge in [0.15, 0.2) is 0 Å².